The second kappa shape index (κ2) is 4.54. The number of nitrogens with one attached hydrogen (secondary N) is 1. The zero-order chi connectivity index (χ0) is 8.81. The summed E-state index contributed by atoms with van der Waals surface area (Å²) in [5, 5.41) is 2.72. The average molecular weight is 166 g/mol. The van der Waals surface area contributed by atoms with E-state index in [1.54, 1.807) is 12.5 Å². The highest BCUT2D eigenvalue weighted by Gasteiger charge is 1.94. The molecule has 0 aliphatic rings. The molecular weight excluding hydrogens is 154 g/mol. The second-order valence-corrected chi connectivity index (χ2v) is 2.40. The highest BCUT2D eigenvalue weighted by Crippen LogP contribution is 1.83. The number of imidazole rings is 1. The predicted molar refractivity (Wildman–Crippen MR) is 45.2 cm³/mol. The minimum absolute atomic E-state index is 0.0184. The van der Waals surface area contributed by atoms with Gasteiger partial charge in [-0.05, 0) is 6.92 Å². The number of hydrogen-bond donors (Lipinski definition) is 1. The molecule has 1 aromatic heterocycles. The van der Waals surface area contributed by atoms with Gasteiger partial charge in [-0.15, -0.1) is 0 Å². The van der Waals surface area contributed by atoms with Gasteiger partial charge in [-0.25, -0.2) is 4.98 Å². The maximum absolute atomic E-state index is 10.7. The summed E-state index contributed by atoms with van der Waals surface area (Å²) < 4.78 is 1.91. The van der Waals surface area contributed by atoms with Crippen molar-refractivity contribution in [3.63, 3.8) is 0 Å². The van der Waals surface area contributed by atoms with Gasteiger partial charge in [0.2, 0.25) is 5.91 Å². The van der Waals surface area contributed by atoms with Gasteiger partial charge in [0.15, 0.2) is 0 Å². The van der Waals surface area contributed by atoms with E-state index in [0.717, 1.165) is 6.54 Å². The fraction of sp³-hybridized carbons (Fsp3) is 0.375. The van der Waals surface area contributed by atoms with E-state index in [4.69, 9.17) is 0 Å². The maximum atomic E-state index is 10.7. The number of carbonyl (C=O) groups is 1. The summed E-state index contributed by atoms with van der Waals surface area (Å²) in [5.74, 6) is -0.0184. The third-order valence-electron chi connectivity index (χ3n) is 1.48. The van der Waals surface area contributed by atoms with Crippen LogP contribution in [0.2, 0.25) is 0 Å². The summed E-state index contributed by atoms with van der Waals surface area (Å²) in [7, 11) is 0. The van der Waals surface area contributed by atoms with E-state index in [9.17, 15) is 4.79 Å². The van der Waals surface area contributed by atoms with Gasteiger partial charge in [0.1, 0.15) is 0 Å². The van der Waals surface area contributed by atoms with E-state index in [1.165, 1.54) is 0 Å². The van der Waals surface area contributed by atoms with Gasteiger partial charge >= 0.3 is 0 Å². The fourth-order valence-corrected chi connectivity index (χ4v) is 0.832. The van der Waals surface area contributed by atoms with Crippen LogP contribution in [-0.2, 0) is 11.3 Å². The lowest BCUT2D eigenvalue weighted by Crippen LogP contribution is -2.25. The van der Waals surface area contributed by atoms with Crippen molar-refractivity contribution in [1.29, 1.82) is 0 Å². The van der Waals surface area contributed by atoms with Crippen molar-refractivity contribution in [1.82, 2.24) is 14.9 Å². The molecule has 4 heteroatoms. The molecule has 1 rings (SSSR count). The zero-order valence-corrected chi connectivity index (χ0v) is 6.86. The molecule has 1 radical (unpaired) electrons. The van der Waals surface area contributed by atoms with Crippen LogP contribution in [0.15, 0.2) is 18.7 Å². The third kappa shape index (κ3) is 2.74. The molecule has 0 aliphatic heterocycles. The summed E-state index contributed by atoms with van der Waals surface area (Å²) in [6, 6.07) is 0. The summed E-state index contributed by atoms with van der Waals surface area (Å²) in [6.07, 6.45) is 5.58. The molecule has 65 valence electrons. The topological polar surface area (TPSA) is 46.9 Å². The van der Waals surface area contributed by atoms with E-state index >= 15 is 0 Å². The molecule has 1 amide bonds. The van der Waals surface area contributed by atoms with Gasteiger partial charge in [0.05, 0.1) is 6.33 Å². The lowest BCUT2D eigenvalue weighted by atomic mass is 10.4. The molecule has 0 unspecified atom stereocenters. The molecule has 1 aromatic rings. The van der Waals surface area contributed by atoms with Gasteiger partial charge < -0.3 is 9.88 Å². The normalized spacial score (nSPS) is 9.75. The first kappa shape index (κ1) is 8.77. The Bertz CT molecular complexity index is 230. The van der Waals surface area contributed by atoms with Gasteiger partial charge in [0, 0.05) is 31.9 Å². The molecule has 0 bridgehead atoms. The molecule has 1 heterocycles. The van der Waals surface area contributed by atoms with E-state index in [0.29, 0.717) is 13.0 Å². The van der Waals surface area contributed by atoms with Crippen molar-refractivity contribution in [2.75, 3.05) is 6.54 Å². The number of rotatable bonds is 4. The van der Waals surface area contributed by atoms with Crippen molar-refractivity contribution < 1.29 is 4.79 Å². The van der Waals surface area contributed by atoms with Crippen LogP contribution in [0.1, 0.15) is 6.42 Å². The van der Waals surface area contributed by atoms with Crippen LogP contribution in [-0.4, -0.2) is 22.0 Å². The Morgan fingerprint density at radius 1 is 1.67 bits per heavy atom. The number of aromatic nitrogens is 2. The van der Waals surface area contributed by atoms with E-state index in [1.807, 2.05) is 10.8 Å². The first-order valence-corrected chi connectivity index (χ1v) is 3.84. The van der Waals surface area contributed by atoms with Crippen molar-refractivity contribution in [3.8, 4) is 0 Å². The van der Waals surface area contributed by atoms with Gasteiger partial charge in [-0.2, -0.15) is 0 Å². The monoisotopic (exact) mass is 166 g/mol. The summed E-state index contributed by atoms with van der Waals surface area (Å²) in [5.41, 5.74) is 0. The molecule has 0 fully saturated rings. The SMILES string of the molecule is [CH2]CC(=O)NCCn1ccnc1. The summed E-state index contributed by atoms with van der Waals surface area (Å²) in [4.78, 5) is 14.6. The molecule has 0 aliphatic carbocycles. The van der Waals surface area contributed by atoms with Crippen LogP contribution in [0.4, 0.5) is 0 Å². The minimum atomic E-state index is -0.0184. The molecule has 0 saturated carbocycles. The summed E-state index contributed by atoms with van der Waals surface area (Å²) in [6.45, 7) is 4.86. The minimum Gasteiger partial charge on any atom is -0.354 e. The Labute approximate surface area is 71.6 Å². The molecule has 0 atom stereocenters. The highest BCUT2D eigenvalue weighted by atomic mass is 16.1. The molecular formula is C8H12N3O. The smallest absolute Gasteiger partial charge is 0.220 e. The Morgan fingerprint density at radius 2 is 2.50 bits per heavy atom. The maximum Gasteiger partial charge on any atom is 0.220 e. The highest BCUT2D eigenvalue weighted by molar-refractivity contribution is 5.76. The number of carbonyl (C=O) groups excluding carboxylic acids is 1. The van der Waals surface area contributed by atoms with Crippen molar-refractivity contribution in [3.05, 3.63) is 25.6 Å². The zero-order valence-electron chi connectivity index (χ0n) is 6.86. The van der Waals surface area contributed by atoms with Crippen molar-refractivity contribution >= 4 is 5.91 Å². The number of nitrogens with zero attached hydrogens (tertiary/aromatic N) is 2. The molecule has 0 spiro atoms. The van der Waals surface area contributed by atoms with Gasteiger partial charge in [-0.3, -0.25) is 4.79 Å². The van der Waals surface area contributed by atoms with Crippen molar-refractivity contribution in [2.45, 2.75) is 13.0 Å². The Kier molecular flexibility index (Phi) is 3.32. The van der Waals surface area contributed by atoms with Crippen LogP contribution in [0.25, 0.3) is 0 Å². The second-order valence-electron chi connectivity index (χ2n) is 2.40. The first-order chi connectivity index (χ1) is 5.83. The molecule has 0 aromatic carbocycles. The van der Waals surface area contributed by atoms with Crippen LogP contribution in [0, 0.1) is 6.92 Å². The van der Waals surface area contributed by atoms with E-state index in [2.05, 4.69) is 17.2 Å². The predicted octanol–water partition coefficient (Wildman–Crippen LogP) is 0.223. The Morgan fingerprint density at radius 3 is 3.08 bits per heavy atom. The Balaban J connectivity index is 2.15. The lowest BCUT2D eigenvalue weighted by Gasteiger charge is -2.03. The quantitative estimate of drug-likeness (QED) is 0.695. The molecule has 4 nitrogen and oxygen atoms in total. The van der Waals surface area contributed by atoms with E-state index in [-0.39, 0.29) is 5.91 Å². The van der Waals surface area contributed by atoms with Crippen LogP contribution in [0.3, 0.4) is 0 Å². The van der Waals surface area contributed by atoms with Gasteiger partial charge in [-0.1, -0.05) is 0 Å². The fourth-order valence-electron chi connectivity index (χ4n) is 0.832. The van der Waals surface area contributed by atoms with Crippen molar-refractivity contribution in [2.24, 2.45) is 0 Å². The third-order valence-corrected chi connectivity index (χ3v) is 1.48. The van der Waals surface area contributed by atoms with Crippen LogP contribution >= 0.6 is 0 Å². The summed E-state index contributed by atoms with van der Waals surface area (Å²) >= 11 is 0. The molecule has 12 heavy (non-hydrogen) atoms. The average Bonchev–Trinajstić information content (AvgIpc) is 2.57. The Hall–Kier alpha value is -1.32. The van der Waals surface area contributed by atoms with E-state index < -0.39 is 0 Å². The standard InChI is InChI=1S/C8H12N3O/c1-2-8(12)10-4-6-11-5-3-9-7-11/h3,5,7H,1-2,4,6H2,(H,10,12). The number of amides is 1. The largest absolute Gasteiger partial charge is 0.354 e. The molecule has 1 N–H and O–H groups in total. The number of hydrogen-bond acceptors (Lipinski definition) is 2. The lowest BCUT2D eigenvalue weighted by molar-refractivity contribution is -0.120. The first-order valence-electron chi connectivity index (χ1n) is 3.84. The van der Waals surface area contributed by atoms with Gasteiger partial charge in [0.25, 0.3) is 0 Å². The van der Waals surface area contributed by atoms with Crippen LogP contribution < -0.4 is 5.32 Å². The molecule has 0 saturated heterocycles. The van der Waals surface area contributed by atoms with Crippen LogP contribution in [0.5, 0.6) is 0 Å².